The molecule has 0 atom stereocenters. The lowest BCUT2D eigenvalue weighted by atomic mass is 10.1. The quantitative estimate of drug-likeness (QED) is 0.233. The molecule has 45 heavy (non-hydrogen) atoms. The monoisotopic (exact) mass is 682 g/mol. The van der Waals surface area contributed by atoms with Crippen LogP contribution in [-0.4, -0.2) is 77.8 Å². The summed E-state index contributed by atoms with van der Waals surface area (Å²) in [7, 11) is -7.37. The number of hydrogen-bond donors (Lipinski definition) is 0. The minimum absolute atomic E-state index is 0.264. The zero-order valence-electron chi connectivity index (χ0n) is 24.4. The van der Waals surface area contributed by atoms with Crippen LogP contribution in [-0.2, 0) is 26.5 Å². The molecule has 7 rings (SSSR count). The lowest BCUT2D eigenvalue weighted by Gasteiger charge is -2.35. The van der Waals surface area contributed by atoms with Crippen LogP contribution in [0.4, 0.5) is 11.4 Å². The van der Waals surface area contributed by atoms with E-state index in [0.717, 1.165) is 33.6 Å². The van der Waals surface area contributed by atoms with Crippen molar-refractivity contribution < 1.29 is 16.8 Å². The van der Waals surface area contributed by atoms with Gasteiger partial charge in [-0.25, -0.2) is 16.8 Å². The zero-order valence-corrected chi connectivity index (χ0v) is 27.6. The maximum atomic E-state index is 13.6. The van der Waals surface area contributed by atoms with Crippen LogP contribution in [0.1, 0.15) is 11.1 Å². The fourth-order valence-corrected chi connectivity index (χ4v) is 9.66. The van der Waals surface area contributed by atoms with Gasteiger partial charge in [0.2, 0.25) is 20.0 Å². The normalized spacial score (nSPS) is 17.7. The average Bonchev–Trinajstić information content (AvgIpc) is 3.43. The van der Waals surface area contributed by atoms with Crippen molar-refractivity contribution in [3.8, 4) is 11.1 Å². The molecule has 2 heterocycles. The molecule has 1 aliphatic carbocycles. The minimum atomic E-state index is -3.68. The van der Waals surface area contributed by atoms with Gasteiger partial charge in [-0.1, -0.05) is 35.3 Å². The Morgan fingerprint density at radius 1 is 0.467 bits per heavy atom. The summed E-state index contributed by atoms with van der Waals surface area (Å²) in [6.07, 6.45) is 0.478. The van der Waals surface area contributed by atoms with Gasteiger partial charge in [0.1, 0.15) is 0 Å². The Bertz CT molecular complexity index is 1810. The third kappa shape index (κ3) is 5.84. The number of piperazine rings is 2. The highest BCUT2D eigenvalue weighted by molar-refractivity contribution is 7.89. The van der Waals surface area contributed by atoms with Gasteiger partial charge in [0, 0.05) is 73.8 Å². The lowest BCUT2D eigenvalue weighted by Crippen LogP contribution is -2.48. The number of nitrogens with zero attached hydrogens (tertiary/aromatic N) is 4. The number of anilines is 2. The van der Waals surface area contributed by atoms with Gasteiger partial charge in [-0.2, -0.15) is 8.61 Å². The summed E-state index contributed by atoms with van der Waals surface area (Å²) < 4.78 is 57.6. The number of halogens is 2. The van der Waals surface area contributed by atoms with Crippen molar-refractivity contribution in [1.82, 2.24) is 8.61 Å². The summed E-state index contributed by atoms with van der Waals surface area (Å²) in [4.78, 5) is 4.85. The summed E-state index contributed by atoms with van der Waals surface area (Å²) in [5, 5.41) is 1.33. The van der Waals surface area contributed by atoms with Crippen molar-refractivity contribution in [2.24, 2.45) is 0 Å². The molecule has 2 aliphatic heterocycles. The van der Waals surface area contributed by atoms with Gasteiger partial charge < -0.3 is 9.80 Å². The van der Waals surface area contributed by atoms with Crippen LogP contribution >= 0.6 is 23.2 Å². The van der Waals surface area contributed by atoms with Gasteiger partial charge in [0.25, 0.3) is 0 Å². The van der Waals surface area contributed by atoms with Crippen LogP contribution in [0.3, 0.4) is 0 Å². The van der Waals surface area contributed by atoms with E-state index in [2.05, 4.69) is 9.80 Å². The van der Waals surface area contributed by atoms with Crippen LogP contribution in [0.15, 0.2) is 94.7 Å². The number of rotatable bonds is 6. The fraction of sp³-hybridized carbons (Fsp3) is 0.273. The van der Waals surface area contributed by atoms with E-state index in [9.17, 15) is 16.8 Å². The first-order valence-electron chi connectivity index (χ1n) is 14.9. The highest BCUT2D eigenvalue weighted by Gasteiger charge is 2.32. The van der Waals surface area contributed by atoms with Crippen molar-refractivity contribution in [2.75, 3.05) is 62.2 Å². The summed E-state index contributed by atoms with van der Waals surface area (Å²) >= 11 is 12.0. The second-order valence-corrected chi connectivity index (χ2v) is 16.3. The smallest absolute Gasteiger partial charge is 0.243 e. The first-order chi connectivity index (χ1) is 21.6. The maximum Gasteiger partial charge on any atom is 0.243 e. The van der Waals surface area contributed by atoms with E-state index in [4.69, 9.17) is 23.2 Å². The van der Waals surface area contributed by atoms with E-state index in [1.807, 2.05) is 60.7 Å². The molecule has 4 aromatic rings. The van der Waals surface area contributed by atoms with E-state index >= 15 is 0 Å². The standard InChI is InChI=1S/C33H32Cl2N4O4S2/c34-26-1-5-28(6-2-26)36-13-17-38(18-14-36)44(40,41)30-9-11-32-24(22-30)21-25-23-31(10-12-33(25)32)45(42,43)39-19-15-37(16-20-39)29-7-3-27(35)4-8-29/h1-12,22-23H,13-21H2. The predicted molar refractivity (Wildman–Crippen MR) is 180 cm³/mol. The number of sulfonamides is 2. The first-order valence-corrected chi connectivity index (χ1v) is 18.5. The third-order valence-electron chi connectivity index (χ3n) is 8.96. The molecule has 0 spiro atoms. The van der Waals surface area contributed by atoms with E-state index in [-0.39, 0.29) is 9.79 Å². The predicted octanol–water partition coefficient (Wildman–Crippen LogP) is 5.59. The van der Waals surface area contributed by atoms with E-state index in [0.29, 0.717) is 68.8 Å². The molecule has 2 fully saturated rings. The molecule has 0 amide bonds. The molecule has 0 radical (unpaired) electrons. The van der Waals surface area contributed by atoms with E-state index < -0.39 is 20.0 Å². The van der Waals surface area contributed by atoms with E-state index in [1.165, 1.54) is 0 Å². The van der Waals surface area contributed by atoms with Crippen LogP contribution in [0, 0.1) is 0 Å². The largest absolute Gasteiger partial charge is 0.369 e. The van der Waals surface area contributed by atoms with Gasteiger partial charge in [-0.05, 0) is 101 Å². The molecule has 234 valence electrons. The number of benzene rings is 4. The molecule has 0 bridgehead atoms. The molecule has 3 aliphatic rings. The molecule has 8 nitrogen and oxygen atoms in total. The zero-order chi connectivity index (χ0) is 31.3. The summed E-state index contributed by atoms with van der Waals surface area (Å²) in [5.74, 6) is 0. The first kappa shape index (κ1) is 30.5. The molecular formula is C33H32Cl2N4O4S2. The Morgan fingerprint density at radius 2 is 0.822 bits per heavy atom. The molecule has 2 saturated heterocycles. The lowest BCUT2D eigenvalue weighted by molar-refractivity contribution is 0.384. The van der Waals surface area contributed by atoms with Crippen molar-refractivity contribution >= 4 is 54.6 Å². The van der Waals surface area contributed by atoms with E-state index in [1.54, 1.807) is 32.9 Å². The van der Waals surface area contributed by atoms with Gasteiger partial charge >= 0.3 is 0 Å². The third-order valence-corrected chi connectivity index (χ3v) is 13.3. The fourth-order valence-electron chi connectivity index (χ4n) is 6.46. The van der Waals surface area contributed by atoms with Crippen molar-refractivity contribution in [2.45, 2.75) is 16.2 Å². The second-order valence-electron chi connectivity index (χ2n) is 11.5. The van der Waals surface area contributed by atoms with Crippen molar-refractivity contribution in [1.29, 1.82) is 0 Å². The molecule has 0 N–H and O–H groups in total. The highest BCUT2D eigenvalue weighted by Crippen LogP contribution is 2.39. The summed E-state index contributed by atoms with van der Waals surface area (Å²) in [5.41, 5.74) is 5.70. The van der Waals surface area contributed by atoms with Crippen molar-refractivity contribution in [3.63, 3.8) is 0 Å². The number of fused-ring (bicyclic) bond motifs is 3. The van der Waals surface area contributed by atoms with Crippen LogP contribution < -0.4 is 9.80 Å². The Hall–Kier alpha value is -3.12. The highest BCUT2D eigenvalue weighted by atomic mass is 35.5. The summed E-state index contributed by atoms with van der Waals surface area (Å²) in [6, 6.07) is 25.7. The minimum Gasteiger partial charge on any atom is -0.369 e. The van der Waals surface area contributed by atoms with Crippen LogP contribution in [0.5, 0.6) is 0 Å². The Morgan fingerprint density at radius 3 is 1.18 bits per heavy atom. The molecule has 0 aromatic heterocycles. The molecule has 4 aromatic carbocycles. The summed E-state index contributed by atoms with van der Waals surface area (Å²) in [6.45, 7) is 3.90. The van der Waals surface area contributed by atoms with Gasteiger partial charge in [-0.15, -0.1) is 0 Å². The Kier molecular flexibility index (Phi) is 8.08. The Labute approximate surface area is 274 Å². The molecule has 12 heteroatoms. The topological polar surface area (TPSA) is 81.2 Å². The molecule has 0 saturated carbocycles. The number of hydrogen-bond acceptors (Lipinski definition) is 6. The van der Waals surface area contributed by atoms with Crippen molar-refractivity contribution in [3.05, 3.63) is 106 Å². The van der Waals surface area contributed by atoms with Gasteiger partial charge in [-0.3, -0.25) is 0 Å². The Balaban J connectivity index is 1.03. The van der Waals surface area contributed by atoms with Gasteiger partial charge in [0.05, 0.1) is 9.79 Å². The maximum absolute atomic E-state index is 13.6. The second kappa shape index (κ2) is 11.9. The average molecular weight is 684 g/mol. The van der Waals surface area contributed by atoms with Crippen LogP contribution in [0.25, 0.3) is 11.1 Å². The molecular weight excluding hydrogens is 651 g/mol. The van der Waals surface area contributed by atoms with Gasteiger partial charge in [0.15, 0.2) is 0 Å². The SMILES string of the molecule is O=S(=O)(c1ccc2c(c1)Cc1cc(S(=O)(=O)N3CCN(c4ccc(Cl)cc4)CC3)ccc1-2)N1CCN(c2ccc(Cl)cc2)CC1. The molecule has 0 unspecified atom stereocenters. The van der Waals surface area contributed by atoms with Crippen LogP contribution in [0.2, 0.25) is 10.0 Å².